The number of nitrogens with one attached hydrogen (secondary N) is 2. The lowest BCUT2D eigenvalue weighted by atomic mass is 9.81. The Morgan fingerprint density at radius 2 is 1.68 bits per heavy atom. The monoisotopic (exact) mass is 643 g/mol. The quantitative estimate of drug-likeness (QED) is 0.116. The smallest absolute Gasteiger partial charge is 0.412 e. The first-order valence-corrected chi connectivity index (χ1v) is 13.1. The summed E-state index contributed by atoms with van der Waals surface area (Å²) in [5.74, 6) is -0.633. The Labute approximate surface area is 237 Å². The van der Waals surface area contributed by atoms with Crippen molar-refractivity contribution in [1.82, 2.24) is 0 Å². The summed E-state index contributed by atoms with van der Waals surface area (Å²) in [6.07, 6.45) is 1.11. The molecule has 38 heavy (non-hydrogen) atoms. The summed E-state index contributed by atoms with van der Waals surface area (Å²) < 4.78 is 6.86. The minimum atomic E-state index is -1.02. The van der Waals surface area contributed by atoms with Crippen LogP contribution in [-0.2, 0) is 9.53 Å². The fourth-order valence-electron chi connectivity index (χ4n) is 3.61. The van der Waals surface area contributed by atoms with E-state index in [0.29, 0.717) is 37.1 Å². The number of carbonyl (C=O) groups is 3. The number of benzene rings is 3. The van der Waals surface area contributed by atoms with E-state index < -0.39 is 23.5 Å². The molecule has 3 aromatic rings. The van der Waals surface area contributed by atoms with Gasteiger partial charge in [-0.05, 0) is 77.5 Å². The van der Waals surface area contributed by atoms with E-state index in [1.807, 2.05) is 0 Å². The summed E-state index contributed by atoms with van der Waals surface area (Å²) in [5, 5.41) is 16.2. The number of rotatable bonds is 8. The zero-order chi connectivity index (χ0) is 28.0. The van der Waals surface area contributed by atoms with Gasteiger partial charge in [0.2, 0.25) is 5.91 Å². The third-order valence-electron chi connectivity index (χ3n) is 5.66. The minimum absolute atomic E-state index is 0.0950. The maximum absolute atomic E-state index is 12.9. The number of anilines is 3. The van der Waals surface area contributed by atoms with Gasteiger partial charge in [-0.1, -0.05) is 48.0 Å². The number of Topliss-reactive ketones (excluding diaryl/α,β-unsaturated/α-hetero) is 1. The molecule has 0 aliphatic carbocycles. The van der Waals surface area contributed by atoms with Crippen molar-refractivity contribution in [3.8, 4) is 5.75 Å². The Hall–Kier alpha value is -3.63. The van der Waals surface area contributed by atoms with E-state index in [1.54, 1.807) is 80.6 Å². The van der Waals surface area contributed by atoms with E-state index >= 15 is 0 Å². The molecule has 5 N–H and O–H groups in total. The van der Waals surface area contributed by atoms with E-state index in [2.05, 4.69) is 42.5 Å². The van der Waals surface area contributed by atoms with Crippen molar-refractivity contribution < 1.29 is 24.2 Å². The second-order valence-electron chi connectivity index (χ2n) is 9.10. The van der Waals surface area contributed by atoms with E-state index in [0.717, 1.165) is 0 Å². The van der Waals surface area contributed by atoms with Crippen LogP contribution in [0.25, 0.3) is 0 Å². The first-order valence-electron chi connectivity index (χ1n) is 11.5. The number of halogens is 2. The first-order chi connectivity index (χ1) is 17.9. The molecule has 0 saturated heterocycles. The van der Waals surface area contributed by atoms with Crippen LogP contribution >= 0.6 is 31.9 Å². The standard InChI is InChI=1S/C28H27Br2N3O5/c1-16(34)17-8-10-19(11-9-17)32-27(37)38-26(20-14-18(29)15-21(30)25(20)36)28(2,3)13-12-24(35)33-23-7-5-4-6-22(23)31/h4-15,26,36H,31H2,1-3H3,(H,32,37)(H,33,35)/b13-12+/t26-/m0/s1. The summed E-state index contributed by atoms with van der Waals surface area (Å²) in [6.45, 7) is 4.98. The minimum Gasteiger partial charge on any atom is -0.506 e. The maximum atomic E-state index is 12.9. The lowest BCUT2D eigenvalue weighted by molar-refractivity contribution is -0.112. The average molecular weight is 645 g/mol. The molecule has 3 rings (SSSR count). The lowest BCUT2D eigenvalue weighted by Crippen LogP contribution is -2.28. The van der Waals surface area contributed by atoms with E-state index in [1.165, 1.54) is 13.0 Å². The molecule has 3 aromatic carbocycles. The summed E-state index contributed by atoms with van der Waals surface area (Å²) in [6, 6.07) is 16.5. The SMILES string of the molecule is CC(=O)c1ccc(NC(=O)O[C@@H](c2cc(Br)cc(Br)c2O)C(C)(C)/C=C/C(=O)Nc2ccccc2N)cc1. The highest BCUT2D eigenvalue weighted by molar-refractivity contribution is 9.11. The number of ketones is 1. The van der Waals surface area contributed by atoms with Gasteiger partial charge in [0, 0.05) is 26.7 Å². The van der Waals surface area contributed by atoms with Gasteiger partial charge in [0.05, 0.1) is 15.8 Å². The van der Waals surface area contributed by atoms with Gasteiger partial charge in [-0.3, -0.25) is 14.9 Å². The van der Waals surface area contributed by atoms with Crippen molar-refractivity contribution in [2.45, 2.75) is 26.9 Å². The lowest BCUT2D eigenvalue weighted by Gasteiger charge is -2.32. The summed E-state index contributed by atoms with van der Waals surface area (Å²) >= 11 is 6.73. The topological polar surface area (TPSA) is 131 Å². The fraction of sp³-hybridized carbons (Fsp3) is 0.179. The molecule has 198 valence electrons. The van der Waals surface area contributed by atoms with Crippen molar-refractivity contribution in [1.29, 1.82) is 0 Å². The van der Waals surface area contributed by atoms with Crippen molar-refractivity contribution in [2.75, 3.05) is 16.4 Å². The van der Waals surface area contributed by atoms with Crippen LogP contribution in [0.4, 0.5) is 21.9 Å². The third-order valence-corrected chi connectivity index (χ3v) is 6.72. The Bertz CT molecular complexity index is 1390. The van der Waals surface area contributed by atoms with Crippen molar-refractivity contribution >= 4 is 66.7 Å². The van der Waals surface area contributed by atoms with Gasteiger partial charge in [0.1, 0.15) is 11.9 Å². The first kappa shape index (κ1) is 28.9. The molecule has 0 aliphatic rings. The van der Waals surface area contributed by atoms with Gasteiger partial charge in [-0.2, -0.15) is 0 Å². The van der Waals surface area contributed by atoms with E-state index in [9.17, 15) is 19.5 Å². The number of nitrogens with two attached hydrogens (primary N) is 1. The highest BCUT2D eigenvalue weighted by atomic mass is 79.9. The third kappa shape index (κ3) is 7.45. The van der Waals surface area contributed by atoms with Crippen LogP contribution in [-0.4, -0.2) is 22.9 Å². The second kappa shape index (κ2) is 12.3. The normalized spacial score (nSPS) is 12.1. The predicted octanol–water partition coefficient (Wildman–Crippen LogP) is 7.21. The number of hydrogen-bond donors (Lipinski definition) is 4. The molecule has 0 aliphatic heterocycles. The average Bonchev–Trinajstić information content (AvgIpc) is 2.85. The van der Waals surface area contributed by atoms with Crippen LogP contribution in [0.5, 0.6) is 5.75 Å². The number of para-hydroxylation sites is 2. The molecule has 0 fully saturated rings. The number of phenolic OH excluding ortho intramolecular Hbond substituents is 1. The summed E-state index contributed by atoms with van der Waals surface area (Å²) in [5.41, 5.74) is 7.08. The molecule has 0 bridgehead atoms. The predicted molar refractivity (Wildman–Crippen MR) is 155 cm³/mol. The number of phenols is 1. The van der Waals surface area contributed by atoms with Crippen LogP contribution in [0.3, 0.4) is 0 Å². The molecule has 8 nitrogen and oxygen atoms in total. The van der Waals surface area contributed by atoms with Gasteiger partial charge < -0.3 is 20.9 Å². The van der Waals surface area contributed by atoms with Gasteiger partial charge >= 0.3 is 6.09 Å². The molecule has 1 atom stereocenters. The van der Waals surface area contributed by atoms with Gasteiger partial charge in [-0.15, -0.1) is 0 Å². The molecule has 0 radical (unpaired) electrons. The molecule has 0 heterocycles. The molecular formula is C28H27Br2N3O5. The zero-order valence-electron chi connectivity index (χ0n) is 20.9. The molecular weight excluding hydrogens is 618 g/mol. The zero-order valence-corrected chi connectivity index (χ0v) is 24.1. The van der Waals surface area contributed by atoms with Crippen molar-refractivity contribution in [2.24, 2.45) is 5.41 Å². The maximum Gasteiger partial charge on any atom is 0.412 e. The molecule has 0 unspecified atom stereocenters. The van der Waals surface area contributed by atoms with Crippen LogP contribution in [0, 0.1) is 5.41 Å². The van der Waals surface area contributed by atoms with Crippen LogP contribution in [0.1, 0.15) is 42.8 Å². The van der Waals surface area contributed by atoms with Crippen LogP contribution in [0.15, 0.2) is 81.8 Å². The number of nitrogen functional groups attached to an aromatic ring is 1. The molecule has 0 saturated carbocycles. The number of aromatic hydroxyl groups is 1. The molecule has 10 heteroatoms. The van der Waals surface area contributed by atoms with E-state index in [4.69, 9.17) is 10.5 Å². The number of ether oxygens (including phenoxy) is 1. The van der Waals surface area contributed by atoms with Crippen molar-refractivity contribution in [3.63, 3.8) is 0 Å². The molecule has 2 amide bonds. The molecule has 0 spiro atoms. The van der Waals surface area contributed by atoms with E-state index in [-0.39, 0.29) is 11.5 Å². The van der Waals surface area contributed by atoms with Crippen LogP contribution < -0.4 is 16.4 Å². The molecule has 0 aromatic heterocycles. The Balaban J connectivity index is 1.88. The summed E-state index contributed by atoms with van der Waals surface area (Å²) in [7, 11) is 0. The number of amides is 2. The number of carbonyl (C=O) groups excluding carboxylic acids is 3. The summed E-state index contributed by atoms with van der Waals surface area (Å²) in [4.78, 5) is 37.1. The highest BCUT2D eigenvalue weighted by Crippen LogP contribution is 2.45. The number of hydrogen-bond acceptors (Lipinski definition) is 6. The van der Waals surface area contributed by atoms with Gasteiger partial charge in [0.15, 0.2) is 5.78 Å². The Morgan fingerprint density at radius 1 is 1.03 bits per heavy atom. The van der Waals surface area contributed by atoms with Crippen LogP contribution in [0.2, 0.25) is 0 Å². The fourth-order valence-corrected chi connectivity index (χ4v) is 4.87. The van der Waals surface area contributed by atoms with Gasteiger partial charge in [-0.25, -0.2) is 4.79 Å². The van der Waals surface area contributed by atoms with Gasteiger partial charge in [0.25, 0.3) is 0 Å². The van der Waals surface area contributed by atoms with Crippen molar-refractivity contribution in [3.05, 3.63) is 92.9 Å². The Morgan fingerprint density at radius 3 is 2.32 bits per heavy atom. The highest BCUT2D eigenvalue weighted by Gasteiger charge is 2.35. The Kier molecular flexibility index (Phi) is 9.35. The largest absolute Gasteiger partial charge is 0.506 e. The second-order valence-corrected chi connectivity index (χ2v) is 10.9.